The van der Waals surface area contributed by atoms with Gasteiger partial charge in [-0.25, -0.2) is 14.8 Å². The molecule has 10 heteroatoms. The Morgan fingerprint density at radius 3 is 2.47 bits per heavy atom. The van der Waals surface area contributed by atoms with Gasteiger partial charge in [-0.1, -0.05) is 0 Å². The van der Waals surface area contributed by atoms with E-state index in [0.717, 1.165) is 10.1 Å². The average molecular weight is 436 g/mol. The molecule has 0 unspecified atom stereocenters. The normalized spacial score (nSPS) is 14.5. The van der Waals surface area contributed by atoms with Gasteiger partial charge in [0.05, 0.1) is 5.39 Å². The highest BCUT2D eigenvalue weighted by atomic mass is 16.2. The van der Waals surface area contributed by atoms with Crippen LogP contribution in [0.4, 0.5) is 5.82 Å². The lowest BCUT2D eigenvalue weighted by Crippen LogP contribution is -2.42. The first kappa shape index (κ1) is 21.4. The minimum absolute atomic E-state index is 0.107. The Kier molecular flexibility index (Phi) is 5.60. The van der Waals surface area contributed by atoms with Crippen LogP contribution in [0.1, 0.15) is 28.9 Å². The lowest BCUT2D eigenvalue weighted by molar-refractivity contribution is -0.121. The molecule has 1 N–H and O–H groups in total. The van der Waals surface area contributed by atoms with Crippen molar-refractivity contribution in [3.05, 3.63) is 62.6 Å². The molecule has 166 valence electrons. The van der Waals surface area contributed by atoms with Gasteiger partial charge in [0.25, 0.3) is 11.5 Å². The monoisotopic (exact) mass is 436 g/mol. The van der Waals surface area contributed by atoms with Gasteiger partial charge in [-0.15, -0.1) is 0 Å². The highest BCUT2D eigenvalue weighted by Crippen LogP contribution is 2.21. The summed E-state index contributed by atoms with van der Waals surface area (Å²) in [5.74, 6) is -0.0931. The number of aryl methyl sites for hydroxylation is 2. The van der Waals surface area contributed by atoms with Crippen LogP contribution in [0, 0.1) is 12.8 Å². The zero-order valence-electron chi connectivity index (χ0n) is 18.2. The number of anilines is 1. The van der Waals surface area contributed by atoms with Crippen molar-refractivity contribution in [2.24, 2.45) is 20.0 Å². The summed E-state index contributed by atoms with van der Waals surface area (Å²) in [4.78, 5) is 60.1. The van der Waals surface area contributed by atoms with Gasteiger partial charge in [-0.2, -0.15) is 0 Å². The topological polar surface area (TPSA) is 119 Å². The minimum atomic E-state index is -0.505. The molecule has 1 saturated heterocycles. The van der Waals surface area contributed by atoms with E-state index in [2.05, 4.69) is 15.3 Å². The third-order valence-corrected chi connectivity index (χ3v) is 5.84. The van der Waals surface area contributed by atoms with Gasteiger partial charge in [0, 0.05) is 39.3 Å². The Morgan fingerprint density at radius 1 is 1.06 bits per heavy atom. The van der Waals surface area contributed by atoms with Crippen molar-refractivity contribution in [3.8, 4) is 0 Å². The average Bonchev–Trinajstić information content (AvgIpc) is 2.80. The van der Waals surface area contributed by atoms with E-state index < -0.39 is 11.2 Å². The summed E-state index contributed by atoms with van der Waals surface area (Å²) in [5.41, 5.74) is 0.379. The minimum Gasteiger partial charge on any atom is -0.337 e. The fourth-order valence-corrected chi connectivity index (χ4v) is 3.91. The van der Waals surface area contributed by atoms with E-state index in [1.807, 2.05) is 19.1 Å². The SMILES string of the molecule is Cc1ccnc(NC(=O)C2CCN(C(=O)c3ccc4c(=O)n(C)c(=O)n(C)c4n3)CC2)c1. The first-order chi connectivity index (χ1) is 15.3. The summed E-state index contributed by atoms with van der Waals surface area (Å²) in [5, 5.41) is 3.11. The molecule has 0 saturated carbocycles. The Bertz CT molecular complexity index is 1330. The van der Waals surface area contributed by atoms with Crippen LogP contribution in [0.5, 0.6) is 0 Å². The molecule has 1 aliphatic heterocycles. The summed E-state index contributed by atoms with van der Waals surface area (Å²) in [6.07, 6.45) is 2.69. The highest BCUT2D eigenvalue weighted by Gasteiger charge is 2.29. The number of nitrogens with one attached hydrogen (secondary N) is 1. The molecule has 1 aliphatic rings. The summed E-state index contributed by atoms with van der Waals surface area (Å²) in [7, 11) is 2.91. The van der Waals surface area contributed by atoms with Crippen molar-refractivity contribution in [2.45, 2.75) is 19.8 Å². The molecule has 4 rings (SSSR count). The Morgan fingerprint density at radius 2 is 1.78 bits per heavy atom. The molecule has 2 amide bonds. The zero-order valence-corrected chi connectivity index (χ0v) is 18.2. The number of amides is 2. The largest absolute Gasteiger partial charge is 0.337 e. The summed E-state index contributed by atoms with van der Waals surface area (Å²) < 4.78 is 2.26. The number of hydrogen-bond acceptors (Lipinski definition) is 6. The number of nitrogens with zero attached hydrogens (tertiary/aromatic N) is 5. The van der Waals surface area contributed by atoms with Crippen LogP contribution in [0.2, 0.25) is 0 Å². The number of likely N-dealkylation sites (tertiary alicyclic amines) is 1. The van der Waals surface area contributed by atoms with Gasteiger partial charge >= 0.3 is 5.69 Å². The van der Waals surface area contributed by atoms with Crippen LogP contribution in [0.15, 0.2) is 40.1 Å². The van der Waals surface area contributed by atoms with Crippen LogP contribution in [-0.2, 0) is 18.9 Å². The molecule has 3 aromatic rings. The van der Waals surface area contributed by atoms with Crippen molar-refractivity contribution in [1.29, 1.82) is 0 Å². The number of pyridine rings is 2. The number of aromatic nitrogens is 4. The smallest absolute Gasteiger partial charge is 0.332 e. The van der Waals surface area contributed by atoms with Crippen molar-refractivity contribution in [2.75, 3.05) is 18.4 Å². The van der Waals surface area contributed by atoms with Gasteiger partial charge < -0.3 is 10.2 Å². The van der Waals surface area contributed by atoms with E-state index in [4.69, 9.17) is 0 Å². The first-order valence-electron chi connectivity index (χ1n) is 10.4. The maximum atomic E-state index is 13.0. The number of carbonyl (C=O) groups excluding carboxylic acids is 2. The third kappa shape index (κ3) is 3.91. The van der Waals surface area contributed by atoms with Crippen LogP contribution >= 0.6 is 0 Å². The molecule has 0 radical (unpaired) electrons. The molecule has 0 aromatic carbocycles. The van der Waals surface area contributed by atoms with Gasteiger partial charge in [-0.05, 0) is 49.6 Å². The standard InChI is InChI=1S/C22H24N6O4/c1-13-6-9-23-17(12-13)25-19(29)14-7-10-28(11-8-14)21(31)16-5-4-15-18(24-16)26(2)22(32)27(3)20(15)30/h4-6,9,12,14H,7-8,10-11H2,1-3H3,(H,23,25,29). The van der Waals surface area contributed by atoms with Crippen LogP contribution in [0.25, 0.3) is 11.0 Å². The number of fused-ring (bicyclic) bond motifs is 1. The summed E-state index contributed by atoms with van der Waals surface area (Å²) in [6, 6.07) is 6.68. The van der Waals surface area contributed by atoms with Gasteiger partial charge in [0.15, 0.2) is 0 Å². The molecule has 0 spiro atoms. The number of hydrogen-bond donors (Lipinski definition) is 1. The summed E-state index contributed by atoms with van der Waals surface area (Å²) >= 11 is 0. The van der Waals surface area contributed by atoms with Crippen LogP contribution in [-0.4, -0.2) is 48.9 Å². The molecule has 3 aromatic heterocycles. The molecule has 0 atom stereocenters. The van der Waals surface area contributed by atoms with Crippen molar-refractivity contribution >= 4 is 28.7 Å². The molecule has 10 nitrogen and oxygen atoms in total. The number of piperidine rings is 1. The molecular weight excluding hydrogens is 412 g/mol. The van der Waals surface area contributed by atoms with Crippen LogP contribution < -0.4 is 16.6 Å². The summed E-state index contributed by atoms with van der Waals surface area (Å²) in [6.45, 7) is 2.75. The van der Waals surface area contributed by atoms with E-state index in [1.54, 1.807) is 11.1 Å². The Labute approximate surface area is 183 Å². The predicted octanol–water partition coefficient (Wildman–Crippen LogP) is 0.827. The maximum absolute atomic E-state index is 13.0. The van der Waals surface area contributed by atoms with Crippen molar-refractivity contribution in [1.82, 2.24) is 24.0 Å². The number of rotatable bonds is 3. The van der Waals surface area contributed by atoms with Gasteiger partial charge in [0.2, 0.25) is 5.91 Å². The quantitative estimate of drug-likeness (QED) is 0.649. The fraction of sp³-hybridized carbons (Fsp3) is 0.364. The first-order valence-corrected chi connectivity index (χ1v) is 10.4. The van der Waals surface area contributed by atoms with Gasteiger partial charge in [0.1, 0.15) is 17.2 Å². The highest BCUT2D eigenvalue weighted by molar-refractivity contribution is 5.95. The second-order valence-electron chi connectivity index (χ2n) is 8.05. The predicted molar refractivity (Wildman–Crippen MR) is 118 cm³/mol. The third-order valence-electron chi connectivity index (χ3n) is 5.84. The molecular formula is C22H24N6O4. The second kappa shape index (κ2) is 8.37. The molecule has 0 bridgehead atoms. The zero-order chi connectivity index (χ0) is 23.0. The molecule has 0 aliphatic carbocycles. The second-order valence-corrected chi connectivity index (χ2v) is 8.05. The number of carbonyl (C=O) groups is 2. The molecule has 4 heterocycles. The fourth-order valence-electron chi connectivity index (χ4n) is 3.91. The maximum Gasteiger partial charge on any atom is 0.332 e. The lowest BCUT2D eigenvalue weighted by Gasteiger charge is -2.31. The Hall–Kier alpha value is -3.82. The van der Waals surface area contributed by atoms with E-state index in [1.165, 1.54) is 30.8 Å². The van der Waals surface area contributed by atoms with Crippen molar-refractivity contribution in [3.63, 3.8) is 0 Å². The van der Waals surface area contributed by atoms with Gasteiger partial charge in [-0.3, -0.25) is 23.5 Å². The lowest BCUT2D eigenvalue weighted by atomic mass is 9.95. The van der Waals surface area contributed by atoms with E-state index >= 15 is 0 Å². The molecule has 32 heavy (non-hydrogen) atoms. The van der Waals surface area contributed by atoms with E-state index in [-0.39, 0.29) is 34.5 Å². The van der Waals surface area contributed by atoms with Crippen molar-refractivity contribution < 1.29 is 9.59 Å². The van der Waals surface area contributed by atoms with E-state index in [0.29, 0.717) is 31.7 Å². The Balaban J connectivity index is 1.46. The molecule has 1 fully saturated rings. The van der Waals surface area contributed by atoms with Crippen LogP contribution in [0.3, 0.4) is 0 Å². The van der Waals surface area contributed by atoms with E-state index in [9.17, 15) is 19.2 Å².